The van der Waals surface area contributed by atoms with Crippen LogP contribution in [-0.2, 0) is 0 Å². The zero-order valence-electron chi connectivity index (χ0n) is 4.54. The summed E-state index contributed by atoms with van der Waals surface area (Å²) in [5.74, 6) is 0. The lowest BCUT2D eigenvalue weighted by molar-refractivity contribution is 0.652. The van der Waals surface area contributed by atoms with Gasteiger partial charge in [0.1, 0.15) is 0 Å². The summed E-state index contributed by atoms with van der Waals surface area (Å²) < 4.78 is 0. The Hall–Kier alpha value is 0.700. The molecular weight excluding hydrogens is 136 g/mol. The highest BCUT2D eigenvalue weighted by Gasteiger charge is 2.54. The van der Waals surface area contributed by atoms with Gasteiger partial charge in [0.05, 0.1) is 0 Å². The summed E-state index contributed by atoms with van der Waals surface area (Å²) in [6, 6.07) is 0. The SMILES string of the molecule is C1[C@@H]2S[C@@H]2C[C@@H]2S[C@H]12. The first kappa shape index (κ1) is 4.51. The Morgan fingerprint density at radius 3 is 1.50 bits per heavy atom. The maximum atomic E-state index is 2.22. The quantitative estimate of drug-likeness (QED) is 0.475. The Balaban J connectivity index is 1.85. The lowest BCUT2D eigenvalue weighted by Gasteiger charge is -2.00. The van der Waals surface area contributed by atoms with E-state index in [1.807, 2.05) is 0 Å². The van der Waals surface area contributed by atoms with E-state index in [0.717, 1.165) is 21.0 Å². The number of thioether (sulfide) groups is 2. The molecule has 3 rings (SSSR count). The highest BCUT2D eigenvalue weighted by Crippen LogP contribution is 2.62. The van der Waals surface area contributed by atoms with Gasteiger partial charge >= 0.3 is 0 Å². The van der Waals surface area contributed by atoms with Crippen molar-refractivity contribution in [1.82, 2.24) is 0 Å². The molecule has 1 saturated carbocycles. The number of hydrogen-bond acceptors (Lipinski definition) is 2. The van der Waals surface area contributed by atoms with Crippen LogP contribution in [0.3, 0.4) is 0 Å². The molecule has 44 valence electrons. The van der Waals surface area contributed by atoms with Crippen LogP contribution in [-0.4, -0.2) is 21.0 Å². The van der Waals surface area contributed by atoms with Crippen LogP contribution < -0.4 is 0 Å². The maximum Gasteiger partial charge on any atom is 0.0181 e. The Morgan fingerprint density at radius 2 is 1.12 bits per heavy atom. The standard InChI is InChI=1S/C6H8S2/c1-3-5(7-3)2-6-4(1)8-6/h3-6H,1-2H2/t3-,4+,5+,6-. The third-order valence-corrected chi connectivity index (χ3v) is 5.16. The number of rotatable bonds is 0. The molecule has 0 aromatic heterocycles. The van der Waals surface area contributed by atoms with Crippen LogP contribution in [0, 0.1) is 0 Å². The molecule has 0 aromatic carbocycles. The second-order valence-electron chi connectivity index (χ2n) is 2.90. The van der Waals surface area contributed by atoms with Crippen LogP contribution in [0.1, 0.15) is 12.8 Å². The van der Waals surface area contributed by atoms with Gasteiger partial charge < -0.3 is 0 Å². The smallest absolute Gasteiger partial charge is 0.0181 e. The van der Waals surface area contributed by atoms with E-state index in [2.05, 4.69) is 23.5 Å². The number of hydrogen-bond donors (Lipinski definition) is 0. The van der Waals surface area contributed by atoms with Gasteiger partial charge in [-0.2, -0.15) is 23.5 Å². The zero-order valence-corrected chi connectivity index (χ0v) is 6.17. The van der Waals surface area contributed by atoms with Crippen molar-refractivity contribution in [3.8, 4) is 0 Å². The second-order valence-corrected chi connectivity index (χ2v) is 5.86. The fourth-order valence-corrected chi connectivity index (χ4v) is 4.32. The van der Waals surface area contributed by atoms with Crippen molar-refractivity contribution in [2.24, 2.45) is 0 Å². The van der Waals surface area contributed by atoms with Gasteiger partial charge in [-0.3, -0.25) is 0 Å². The van der Waals surface area contributed by atoms with Gasteiger partial charge in [-0.15, -0.1) is 0 Å². The van der Waals surface area contributed by atoms with Gasteiger partial charge in [0.25, 0.3) is 0 Å². The molecule has 2 saturated heterocycles. The average molecular weight is 144 g/mol. The van der Waals surface area contributed by atoms with E-state index >= 15 is 0 Å². The van der Waals surface area contributed by atoms with Crippen LogP contribution in [0.25, 0.3) is 0 Å². The van der Waals surface area contributed by atoms with E-state index in [0.29, 0.717) is 0 Å². The molecule has 0 nitrogen and oxygen atoms in total. The molecule has 2 heteroatoms. The molecule has 2 heterocycles. The largest absolute Gasteiger partial charge is 0.153 e. The molecular formula is C6H8S2. The summed E-state index contributed by atoms with van der Waals surface area (Å²) in [5.41, 5.74) is 0. The predicted octanol–water partition coefficient (Wildman–Crippen LogP) is 1.75. The summed E-state index contributed by atoms with van der Waals surface area (Å²) in [7, 11) is 0. The second kappa shape index (κ2) is 1.24. The Kier molecular flexibility index (Phi) is 0.698. The highest BCUT2D eigenvalue weighted by atomic mass is 32.2. The van der Waals surface area contributed by atoms with Crippen LogP contribution in [0.4, 0.5) is 0 Å². The van der Waals surface area contributed by atoms with Gasteiger partial charge in [0.15, 0.2) is 0 Å². The molecule has 0 N–H and O–H groups in total. The summed E-state index contributed by atoms with van der Waals surface area (Å²) in [6.45, 7) is 0. The van der Waals surface area contributed by atoms with Crippen LogP contribution in [0.15, 0.2) is 0 Å². The van der Waals surface area contributed by atoms with E-state index < -0.39 is 0 Å². The normalized spacial score (nSPS) is 66.0. The minimum atomic E-state index is 1.12. The van der Waals surface area contributed by atoms with E-state index in [9.17, 15) is 0 Å². The molecule has 0 aromatic rings. The lowest BCUT2D eigenvalue weighted by atomic mass is 10.0. The molecule has 4 atom stereocenters. The van der Waals surface area contributed by atoms with Crippen molar-refractivity contribution in [3.05, 3.63) is 0 Å². The average Bonchev–Trinajstić information content (AvgIpc) is 2.45. The van der Waals surface area contributed by atoms with Crippen molar-refractivity contribution in [3.63, 3.8) is 0 Å². The van der Waals surface area contributed by atoms with Gasteiger partial charge in [0, 0.05) is 21.0 Å². The summed E-state index contributed by atoms with van der Waals surface area (Å²) in [4.78, 5) is 0. The van der Waals surface area contributed by atoms with Gasteiger partial charge in [-0.05, 0) is 12.8 Å². The molecule has 0 bridgehead atoms. The fourth-order valence-electron chi connectivity index (χ4n) is 1.65. The number of fused-ring (bicyclic) bond motifs is 2. The van der Waals surface area contributed by atoms with Crippen molar-refractivity contribution in [2.75, 3.05) is 0 Å². The fraction of sp³-hybridized carbons (Fsp3) is 1.00. The predicted molar refractivity (Wildman–Crippen MR) is 39.6 cm³/mol. The molecule has 3 fully saturated rings. The van der Waals surface area contributed by atoms with Crippen molar-refractivity contribution >= 4 is 23.5 Å². The molecule has 2 aliphatic heterocycles. The monoisotopic (exact) mass is 144 g/mol. The zero-order chi connectivity index (χ0) is 5.14. The Bertz CT molecular complexity index is 106. The first-order chi connectivity index (χ1) is 3.93. The molecule has 0 spiro atoms. The van der Waals surface area contributed by atoms with Crippen molar-refractivity contribution < 1.29 is 0 Å². The van der Waals surface area contributed by atoms with Crippen molar-refractivity contribution in [1.29, 1.82) is 0 Å². The highest BCUT2D eigenvalue weighted by molar-refractivity contribution is 8.09. The van der Waals surface area contributed by atoms with Crippen LogP contribution >= 0.6 is 23.5 Å². The Labute approximate surface area is 57.8 Å². The van der Waals surface area contributed by atoms with Crippen molar-refractivity contribution in [2.45, 2.75) is 33.8 Å². The van der Waals surface area contributed by atoms with E-state index in [1.165, 1.54) is 0 Å². The molecule has 0 radical (unpaired) electrons. The topological polar surface area (TPSA) is 0 Å². The summed E-state index contributed by atoms with van der Waals surface area (Å²) in [5, 5.41) is 4.47. The third kappa shape index (κ3) is 0.508. The first-order valence-electron chi connectivity index (χ1n) is 3.24. The van der Waals surface area contributed by atoms with E-state index in [4.69, 9.17) is 0 Å². The summed E-state index contributed by atoms with van der Waals surface area (Å²) >= 11 is 4.44. The van der Waals surface area contributed by atoms with E-state index in [1.54, 1.807) is 12.8 Å². The Morgan fingerprint density at radius 1 is 0.750 bits per heavy atom. The first-order valence-corrected chi connectivity index (χ1v) is 5.13. The lowest BCUT2D eigenvalue weighted by Crippen LogP contribution is -2.10. The molecule has 1 aliphatic carbocycles. The van der Waals surface area contributed by atoms with E-state index in [-0.39, 0.29) is 0 Å². The minimum Gasteiger partial charge on any atom is -0.153 e. The molecule has 8 heavy (non-hydrogen) atoms. The molecule has 0 unspecified atom stereocenters. The molecule has 0 amide bonds. The third-order valence-electron chi connectivity index (χ3n) is 2.30. The van der Waals surface area contributed by atoms with Gasteiger partial charge in [-0.1, -0.05) is 0 Å². The maximum absolute atomic E-state index is 2.22. The molecule has 3 aliphatic rings. The van der Waals surface area contributed by atoms with Crippen LogP contribution in [0.2, 0.25) is 0 Å². The minimum absolute atomic E-state index is 1.12. The van der Waals surface area contributed by atoms with Crippen LogP contribution in [0.5, 0.6) is 0 Å². The van der Waals surface area contributed by atoms with Gasteiger partial charge in [0.2, 0.25) is 0 Å². The summed E-state index contributed by atoms with van der Waals surface area (Å²) in [6.07, 6.45) is 3.09. The van der Waals surface area contributed by atoms with Gasteiger partial charge in [-0.25, -0.2) is 0 Å².